The summed E-state index contributed by atoms with van der Waals surface area (Å²) >= 11 is 0. The molecule has 2 atom stereocenters. The lowest BCUT2D eigenvalue weighted by Gasteiger charge is -2.35. The van der Waals surface area contributed by atoms with E-state index in [0.29, 0.717) is 12.4 Å². The summed E-state index contributed by atoms with van der Waals surface area (Å²) in [5.41, 5.74) is 0.0586. The van der Waals surface area contributed by atoms with Gasteiger partial charge < -0.3 is 9.47 Å². The summed E-state index contributed by atoms with van der Waals surface area (Å²) in [4.78, 5) is 12.6. The first-order valence-electron chi connectivity index (χ1n) is 7.29. The molecule has 0 aromatic heterocycles. The average molecular weight is 294 g/mol. The van der Waals surface area contributed by atoms with E-state index in [1.807, 2.05) is 0 Å². The summed E-state index contributed by atoms with van der Waals surface area (Å²) in [7, 11) is 0. The van der Waals surface area contributed by atoms with Crippen molar-refractivity contribution in [2.24, 2.45) is 0 Å². The lowest BCUT2D eigenvalue weighted by atomic mass is 10.2. The van der Waals surface area contributed by atoms with E-state index < -0.39 is 4.92 Å². The molecule has 2 rings (SSSR count). The minimum absolute atomic E-state index is 0.0586. The van der Waals surface area contributed by atoms with Crippen molar-refractivity contribution in [1.29, 1.82) is 0 Å². The summed E-state index contributed by atoms with van der Waals surface area (Å²) in [6.45, 7) is 7.57. The lowest BCUT2D eigenvalue weighted by molar-refractivity contribution is -0.384. The Balaban J connectivity index is 1.72. The highest BCUT2D eigenvalue weighted by Gasteiger charge is 2.21. The molecule has 0 spiro atoms. The number of hydrogen-bond donors (Lipinski definition) is 0. The number of rotatable bonds is 6. The Hall–Kier alpha value is -1.66. The molecule has 6 heteroatoms. The van der Waals surface area contributed by atoms with Gasteiger partial charge in [-0.15, -0.1) is 0 Å². The molecule has 1 heterocycles. The van der Waals surface area contributed by atoms with Crippen LogP contribution in [0.5, 0.6) is 5.75 Å². The van der Waals surface area contributed by atoms with E-state index >= 15 is 0 Å². The second-order valence-electron chi connectivity index (χ2n) is 5.47. The zero-order valence-corrected chi connectivity index (χ0v) is 12.5. The van der Waals surface area contributed by atoms with E-state index in [-0.39, 0.29) is 17.9 Å². The van der Waals surface area contributed by atoms with Gasteiger partial charge in [0.1, 0.15) is 5.75 Å². The van der Waals surface area contributed by atoms with Gasteiger partial charge in [-0.2, -0.15) is 0 Å². The molecule has 0 unspecified atom stereocenters. The monoisotopic (exact) mass is 294 g/mol. The van der Waals surface area contributed by atoms with Gasteiger partial charge in [0.2, 0.25) is 0 Å². The second-order valence-corrected chi connectivity index (χ2v) is 5.47. The predicted molar refractivity (Wildman–Crippen MR) is 79.7 cm³/mol. The molecule has 0 amide bonds. The van der Waals surface area contributed by atoms with Crippen molar-refractivity contribution in [2.75, 3.05) is 26.2 Å². The topological polar surface area (TPSA) is 64.8 Å². The normalized spacial score (nSPS) is 23.0. The third-order valence-electron chi connectivity index (χ3n) is 3.41. The maximum Gasteiger partial charge on any atom is 0.273 e. The summed E-state index contributed by atoms with van der Waals surface area (Å²) < 4.78 is 11.3. The van der Waals surface area contributed by atoms with Crippen molar-refractivity contribution in [3.63, 3.8) is 0 Å². The van der Waals surface area contributed by atoms with Crippen LogP contribution >= 0.6 is 0 Å². The van der Waals surface area contributed by atoms with E-state index in [9.17, 15) is 10.1 Å². The molecule has 1 fully saturated rings. The smallest absolute Gasteiger partial charge is 0.273 e. The highest BCUT2D eigenvalue weighted by atomic mass is 16.6. The minimum Gasteiger partial charge on any atom is -0.493 e. The number of hydrogen-bond acceptors (Lipinski definition) is 5. The molecular formula is C15H22N2O4. The first kappa shape index (κ1) is 15.7. The van der Waals surface area contributed by atoms with Crippen molar-refractivity contribution in [3.05, 3.63) is 34.4 Å². The fraction of sp³-hybridized carbons (Fsp3) is 0.600. The lowest BCUT2D eigenvalue weighted by Crippen LogP contribution is -2.45. The standard InChI is InChI=1S/C15H22N2O4/c1-12-10-16(11-13(2)21-12)7-4-8-20-15-6-3-5-14(9-15)17(18)19/h3,5-6,9,12-13H,4,7-8,10-11H2,1-2H3/t12-,13-/m1/s1. The molecule has 1 saturated heterocycles. The van der Waals surface area contributed by atoms with Crippen LogP contribution in [-0.2, 0) is 4.74 Å². The van der Waals surface area contributed by atoms with Crippen LogP contribution in [0.15, 0.2) is 24.3 Å². The molecule has 1 aliphatic rings. The van der Waals surface area contributed by atoms with E-state index in [0.717, 1.165) is 26.1 Å². The molecule has 0 N–H and O–H groups in total. The van der Waals surface area contributed by atoms with Gasteiger partial charge in [0.15, 0.2) is 0 Å². The van der Waals surface area contributed by atoms with Gasteiger partial charge >= 0.3 is 0 Å². The third-order valence-corrected chi connectivity index (χ3v) is 3.41. The number of nitrogens with zero attached hydrogens (tertiary/aromatic N) is 2. The fourth-order valence-electron chi connectivity index (χ4n) is 2.63. The summed E-state index contributed by atoms with van der Waals surface area (Å²) in [5.74, 6) is 0.549. The zero-order chi connectivity index (χ0) is 15.2. The Kier molecular flexibility index (Phi) is 5.52. The molecule has 6 nitrogen and oxygen atoms in total. The first-order chi connectivity index (χ1) is 10.0. The van der Waals surface area contributed by atoms with Gasteiger partial charge in [0.05, 0.1) is 29.8 Å². The van der Waals surface area contributed by atoms with Crippen molar-refractivity contribution in [1.82, 2.24) is 4.90 Å². The number of morpholine rings is 1. The largest absolute Gasteiger partial charge is 0.493 e. The molecule has 0 aliphatic carbocycles. The van der Waals surface area contributed by atoms with E-state index in [2.05, 4.69) is 18.7 Å². The van der Waals surface area contributed by atoms with Crippen LogP contribution < -0.4 is 4.74 Å². The highest BCUT2D eigenvalue weighted by molar-refractivity contribution is 5.37. The Labute approximate surface area is 124 Å². The molecule has 0 saturated carbocycles. The number of nitro benzene ring substituents is 1. The Morgan fingerprint density at radius 3 is 2.76 bits per heavy atom. The first-order valence-corrected chi connectivity index (χ1v) is 7.29. The highest BCUT2D eigenvalue weighted by Crippen LogP contribution is 2.19. The fourth-order valence-corrected chi connectivity index (χ4v) is 2.63. The van der Waals surface area contributed by atoms with Crippen molar-refractivity contribution >= 4 is 5.69 Å². The van der Waals surface area contributed by atoms with Gasteiger partial charge in [-0.05, 0) is 26.3 Å². The molecule has 116 valence electrons. The van der Waals surface area contributed by atoms with Crippen LogP contribution in [0.1, 0.15) is 20.3 Å². The van der Waals surface area contributed by atoms with Crippen molar-refractivity contribution in [2.45, 2.75) is 32.5 Å². The summed E-state index contributed by atoms with van der Waals surface area (Å²) in [6.07, 6.45) is 1.43. The zero-order valence-electron chi connectivity index (χ0n) is 12.5. The van der Waals surface area contributed by atoms with E-state index in [4.69, 9.17) is 9.47 Å². The van der Waals surface area contributed by atoms with Gasteiger partial charge in [-0.3, -0.25) is 15.0 Å². The Morgan fingerprint density at radius 1 is 1.38 bits per heavy atom. The number of nitro groups is 1. The van der Waals surface area contributed by atoms with Crippen molar-refractivity contribution in [3.8, 4) is 5.75 Å². The van der Waals surface area contributed by atoms with Gasteiger partial charge in [-0.1, -0.05) is 6.07 Å². The van der Waals surface area contributed by atoms with Crippen molar-refractivity contribution < 1.29 is 14.4 Å². The van der Waals surface area contributed by atoms with Gasteiger partial charge in [-0.25, -0.2) is 0 Å². The number of non-ortho nitro benzene ring substituents is 1. The quantitative estimate of drug-likeness (QED) is 0.458. The minimum atomic E-state index is -0.413. The van der Waals surface area contributed by atoms with Crippen LogP contribution in [-0.4, -0.2) is 48.3 Å². The van der Waals surface area contributed by atoms with Crippen LogP contribution in [0.25, 0.3) is 0 Å². The van der Waals surface area contributed by atoms with Gasteiger partial charge in [0, 0.05) is 25.7 Å². The van der Waals surface area contributed by atoms with Crippen LogP contribution in [0.3, 0.4) is 0 Å². The third kappa shape index (κ3) is 4.99. The molecule has 1 aliphatic heterocycles. The number of benzene rings is 1. The number of ether oxygens (including phenoxy) is 2. The van der Waals surface area contributed by atoms with Crippen LogP contribution in [0.4, 0.5) is 5.69 Å². The summed E-state index contributed by atoms with van der Waals surface area (Å²) in [6, 6.07) is 6.30. The van der Waals surface area contributed by atoms with E-state index in [1.54, 1.807) is 12.1 Å². The second kappa shape index (κ2) is 7.38. The molecule has 0 bridgehead atoms. The summed E-state index contributed by atoms with van der Waals surface area (Å²) in [5, 5.41) is 10.7. The molecule has 1 aromatic carbocycles. The maximum atomic E-state index is 10.7. The average Bonchev–Trinajstić information content (AvgIpc) is 2.43. The molecule has 0 radical (unpaired) electrons. The predicted octanol–water partition coefficient (Wildman–Crippen LogP) is 2.47. The Bertz CT molecular complexity index is 470. The molecule has 1 aromatic rings. The molecule has 21 heavy (non-hydrogen) atoms. The van der Waals surface area contributed by atoms with Crippen LogP contribution in [0, 0.1) is 10.1 Å². The maximum absolute atomic E-state index is 10.7. The SMILES string of the molecule is C[C@@H]1CN(CCCOc2cccc([N+](=O)[O-])c2)C[C@@H](C)O1. The van der Waals surface area contributed by atoms with E-state index in [1.165, 1.54) is 12.1 Å². The van der Waals surface area contributed by atoms with Crippen LogP contribution in [0.2, 0.25) is 0 Å². The Morgan fingerprint density at radius 2 is 2.10 bits per heavy atom. The van der Waals surface area contributed by atoms with Gasteiger partial charge in [0.25, 0.3) is 5.69 Å². The molecular weight excluding hydrogens is 272 g/mol.